The van der Waals surface area contributed by atoms with E-state index in [2.05, 4.69) is 10.5 Å². The molecule has 4 N–H and O–H groups in total. The summed E-state index contributed by atoms with van der Waals surface area (Å²) in [6, 6.07) is 8.54. The summed E-state index contributed by atoms with van der Waals surface area (Å²) in [6.45, 7) is 2.64. The van der Waals surface area contributed by atoms with Crippen LogP contribution in [0.1, 0.15) is 41.3 Å². The standard InChI is InChI=1S/C22H25ClN2O5S/c1-2-4-15-18(7-6-16(22(15)29)19(26)13-25-30)24-9-3-10-31-20-8-5-14(11-17(20)23)12-21(27)28/h5-8,11,13,24,29-30H,2-4,9-10,12H2,1H3,(H,27,28)/b25-13+. The minimum atomic E-state index is -0.894. The smallest absolute Gasteiger partial charge is 0.307 e. The van der Waals surface area contributed by atoms with Crippen LogP contribution in [0.5, 0.6) is 5.75 Å². The molecule has 0 aliphatic rings. The molecule has 31 heavy (non-hydrogen) atoms. The number of Topliss-reactive ketones (excluding diaryl/α,β-unsaturated/α-hetero) is 1. The van der Waals surface area contributed by atoms with Gasteiger partial charge >= 0.3 is 5.97 Å². The molecule has 0 radical (unpaired) electrons. The predicted molar refractivity (Wildman–Crippen MR) is 123 cm³/mol. The third-order valence-corrected chi connectivity index (χ3v) is 6.05. The van der Waals surface area contributed by atoms with Gasteiger partial charge in [0.1, 0.15) is 12.0 Å². The van der Waals surface area contributed by atoms with Crippen LogP contribution >= 0.6 is 23.4 Å². The van der Waals surface area contributed by atoms with Crippen molar-refractivity contribution in [3.63, 3.8) is 0 Å². The first-order valence-electron chi connectivity index (χ1n) is 9.80. The summed E-state index contributed by atoms with van der Waals surface area (Å²) in [4.78, 5) is 23.6. The normalized spacial score (nSPS) is 11.0. The van der Waals surface area contributed by atoms with Gasteiger partial charge in [-0.05, 0) is 48.4 Å². The number of carboxylic acid groups (broad SMARTS) is 1. The quantitative estimate of drug-likeness (QED) is 0.0883. The van der Waals surface area contributed by atoms with Gasteiger partial charge in [0.25, 0.3) is 0 Å². The van der Waals surface area contributed by atoms with Crippen molar-refractivity contribution < 1.29 is 25.0 Å². The predicted octanol–water partition coefficient (Wildman–Crippen LogP) is 4.86. The van der Waals surface area contributed by atoms with Crippen LogP contribution in [-0.2, 0) is 17.6 Å². The second kappa shape index (κ2) is 12.2. The number of thioether (sulfide) groups is 1. The third kappa shape index (κ3) is 7.18. The Morgan fingerprint density at radius 2 is 2.03 bits per heavy atom. The maximum Gasteiger partial charge on any atom is 0.307 e. The van der Waals surface area contributed by atoms with Gasteiger partial charge in [-0.2, -0.15) is 0 Å². The highest BCUT2D eigenvalue weighted by Gasteiger charge is 2.16. The number of nitrogens with zero attached hydrogens (tertiary/aromatic N) is 1. The average molecular weight is 465 g/mol. The molecule has 2 rings (SSSR count). The minimum Gasteiger partial charge on any atom is -0.507 e. The Morgan fingerprint density at radius 1 is 1.26 bits per heavy atom. The molecule has 7 nitrogen and oxygen atoms in total. The molecule has 0 heterocycles. The molecule has 0 aliphatic carbocycles. The van der Waals surface area contributed by atoms with Gasteiger partial charge in [0.05, 0.1) is 17.0 Å². The minimum absolute atomic E-state index is 0.0568. The lowest BCUT2D eigenvalue weighted by Gasteiger charge is -2.15. The van der Waals surface area contributed by atoms with Crippen LogP contribution in [0.25, 0.3) is 0 Å². The zero-order valence-corrected chi connectivity index (χ0v) is 18.7. The molecule has 0 saturated heterocycles. The van der Waals surface area contributed by atoms with Crippen LogP contribution in [0.15, 0.2) is 40.4 Å². The van der Waals surface area contributed by atoms with Gasteiger partial charge in [-0.1, -0.05) is 36.2 Å². The molecule has 0 spiro atoms. The first-order chi connectivity index (χ1) is 14.9. The van der Waals surface area contributed by atoms with E-state index in [1.54, 1.807) is 30.0 Å². The number of aliphatic carboxylic acids is 1. The molecular formula is C22H25ClN2O5S. The lowest BCUT2D eigenvalue weighted by molar-refractivity contribution is -0.136. The highest BCUT2D eigenvalue weighted by molar-refractivity contribution is 7.99. The van der Waals surface area contributed by atoms with Crippen molar-refractivity contribution in [3.8, 4) is 5.75 Å². The number of hydrogen-bond acceptors (Lipinski definition) is 7. The summed E-state index contributed by atoms with van der Waals surface area (Å²) >= 11 is 7.84. The maximum atomic E-state index is 11.9. The lowest BCUT2D eigenvalue weighted by Crippen LogP contribution is -2.08. The summed E-state index contributed by atoms with van der Waals surface area (Å²) in [7, 11) is 0. The number of ketones is 1. The van der Waals surface area contributed by atoms with Gasteiger partial charge in [0.2, 0.25) is 5.78 Å². The second-order valence-electron chi connectivity index (χ2n) is 6.81. The van der Waals surface area contributed by atoms with E-state index in [0.29, 0.717) is 29.1 Å². The van der Waals surface area contributed by atoms with Gasteiger partial charge < -0.3 is 20.7 Å². The monoisotopic (exact) mass is 464 g/mol. The number of carbonyl (C=O) groups excluding carboxylic acids is 1. The highest BCUT2D eigenvalue weighted by atomic mass is 35.5. The van der Waals surface area contributed by atoms with Crippen LogP contribution < -0.4 is 5.32 Å². The van der Waals surface area contributed by atoms with E-state index in [1.165, 1.54) is 6.07 Å². The summed E-state index contributed by atoms with van der Waals surface area (Å²) in [5.41, 5.74) is 2.18. The van der Waals surface area contributed by atoms with Crippen molar-refractivity contribution in [1.29, 1.82) is 0 Å². The van der Waals surface area contributed by atoms with Crippen LogP contribution in [0.2, 0.25) is 5.02 Å². The molecule has 0 fully saturated rings. The van der Waals surface area contributed by atoms with Crippen LogP contribution in [0, 0.1) is 0 Å². The summed E-state index contributed by atoms with van der Waals surface area (Å²) in [5.74, 6) is -0.759. The molecule has 166 valence electrons. The molecule has 0 aromatic heterocycles. The fourth-order valence-corrected chi connectivity index (χ4v) is 4.29. The maximum absolute atomic E-state index is 11.9. The zero-order valence-electron chi connectivity index (χ0n) is 17.1. The van der Waals surface area contributed by atoms with Gasteiger partial charge in [0, 0.05) is 22.7 Å². The van der Waals surface area contributed by atoms with Crippen LogP contribution in [0.3, 0.4) is 0 Å². The Kier molecular flexibility index (Phi) is 9.68. The average Bonchev–Trinajstić information content (AvgIpc) is 2.71. The van der Waals surface area contributed by atoms with Crippen molar-refractivity contribution in [1.82, 2.24) is 0 Å². The van der Waals surface area contributed by atoms with E-state index in [0.717, 1.165) is 35.4 Å². The molecule has 0 saturated carbocycles. The molecule has 0 unspecified atom stereocenters. The van der Waals surface area contributed by atoms with Gasteiger partial charge in [-0.15, -0.1) is 11.8 Å². The second-order valence-corrected chi connectivity index (χ2v) is 8.35. The number of benzene rings is 2. The number of anilines is 1. The van der Waals surface area contributed by atoms with E-state index in [4.69, 9.17) is 21.9 Å². The van der Waals surface area contributed by atoms with E-state index in [-0.39, 0.29) is 17.7 Å². The molecule has 0 aliphatic heterocycles. The SMILES string of the molecule is CCCc1c(NCCCSc2ccc(CC(=O)O)cc2Cl)ccc(C(=O)/C=N/O)c1O. The molecule has 0 amide bonds. The number of hydrogen-bond donors (Lipinski definition) is 4. The topological polar surface area (TPSA) is 119 Å². The number of oxime groups is 1. The molecule has 9 heteroatoms. The summed E-state index contributed by atoms with van der Waals surface area (Å²) < 4.78 is 0. The van der Waals surface area contributed by atoms with Crippen molar-refractivity contribution >= 4 is 47.0 Å². The van der Waals surface area contributed by atoms with Crippen molar-refractivity contribution in [3.05, 3.63) is 52.0 Å². The number of phenols is 1. The number of nitrogens with one attached hydrogen (secondary N) is 1. The number of carboxylic acids is 1. The summed E-state index contributed by atoms with van der Waals surface area (Å²) in [5, 5.41) is 34.5. The summed E-state index contributed by atoms with van der Waals surface area (Å²) in [6.07, 6.45) is 2.91. The fourth-order valence-electron chi connectivity index (χ4n) is 3.05. The van der Waals surface area contributed by atoms with E-state index in [9.17, 15) is 14.7 Å². The Morgan fingerprint density at radius 3 is 2.68 bits per heavy atom. The van der Waals surface area contributed by atoms with Crippen LogP contribution in [0.4, 0.5) is 5.69 Å². The van der Waals surface area contributed by atoms with E-state index in [1.807, 2.05) is 13.0 Å². The van der Waals surface area contributed by atoms with Crippen molar-refractivity contribution in [2.45, 2.75) is 37.5 Å². The van der Waals surface area contributed by atoms with Crippen molar-refractivity contribution in [2.24, 2.45) is 5.16 Å². The van der Waals surface area contributed by atoms with Gasteiger partial charge in [0.15, 0.2) is 0 Å². The number of phenolic OH excluding ortho intramolecular Hbond substituents is 1. The Balaban J connectivity index is 1.94. The molecular weight excluding hydrogens is 440 g/mol. The number of aromatic hydroxyl groups is 1. The van der Waals surface area contributed by atoms with E-state index >= 15 is 0 Å². The first-order valence-corrected chi connectivity index (χ1v) is 11.2. The van der Waals surface area contributed by atoms with E-state index < -0.39 is 11.8 Å². The number of carbonyl (C=O) groups is 2. The fraction of sp³-hybridized carbons (Fsp3) is 0.318. The third-order valence-electron chi connectivity index (χ3n) is 4.47. The molecule has 0 atom stereocenters. The molecule has 0 bridgehead atoms. The highest BCUT2D eigenvalue weighted by Crippen LogP contribution is 2.32. The van der Waals surface area contributed by atoms with Crippen LogP contribution in [-0.4, -0.2) is 45.7 Å². The van der Waals surface area contributed by atoms with Gasteiger partial charge in [-0.3, -0.25) is 9.59 Å². The molecule has 2 aromatic rings. The first kappa shape index (κ1) is 24.6. The van der Waals surface area contributed by atoms with Crippen molar-refractivity contribution in [2.75, 3.05) is 17.6 Å². The largest absolute Gasteiger partial charge is 0.507 e. The Bertz CT molecular complexity index is 965. The Hall–Kier alpha value is -2.71. The zero-order chi connectivity index (χ0) is 22.8. The number of rotatable bonds is 12. The number of halogens is 1. The van der Waals surface area contributed by atoms with Gasteiger partial charge in [-0.25, -0.2) is 0 Å². The molecule has 2 aromatic carbocycles. The lowest BCUT2D eigenvalue weighted by atomic mass is 10.00. The Labute approximate surface area is 190 Å².